The zero-order valence-corrected chi connectivity index (χ0v) is 7.18. The molecule has 1 heterocycles. The van der Waals surface area contributed by atoms with E-state index in [0.29, 0.717) is 4.77 Å². The van der Waals surface area contributed by atoms with Crippen LogP contribution in [0.15, 0.2) is 17.1 Å². The Morgan fingerprint density at radius 3 is 2.73 bits per heavy atom. The number of rotatable bonds is 1. The van der Waals surface area contributed by atoms with Crippen LogP contribution in [0, 0.1) is 4.77 Å². The molecule has 1 aromatic rings. The van der Waals surface area contributed by atoms with E-state index in [1.165, 1.54) is 6.07 Å². The van der Waals surface area contributed by atoms with Gasteiger partial charge in [-0.1, -0.05) is 0 Å². The summed E-state index contributed by atoms with van der Waals surface area (Å²) >= 11 is 4.88. The van der Waals surface area contributed by atoms with E-state index in [1.807, 2.05) is 14.1 Å². The van der Waals surface area contributed by atoms with Crippen LogP contribution in [-0.4, -0.2) is 23.8 Å². The molecule has 0 aromatic carbocycles. The number of hydrogen-bond donors (Lipinski definition) is 1. The Balaban J connectivity index is 3.32. The Bertz CT molecular complexity index is 351. The lowest BCUT2D eigenvalue weighted by molar-refractivity contribution is 0.691. The quantitative estimate of drug-likeness (QED) is 0.609. The molecule has 0 bridgehead atoms. The minimum Gasteiger partial charge on any atom is -0.317 e. The molecule has 0 saturated heterocycles. The van der Waals surface area contributed by atoms with E-state index in [9.17, 15) is 4.79 Å². The molecule has 11 heavy (non-hydrogen) atoms. The Labute approximate surface area is 69.1 Å². The van der Waals surface area contributed by atoms with E-state index in [-0.39, 0.29) is 5.56 Å². The van der Waals surface area contributed by atoms with Gasteiger partial charge in [0.25, 0.3) is 5.56 Å². The molecular weight excluding hydrogens is 162 g/mol. The molecule has 1 N–H and O–H groups in total. The molecule has 0 saturated carbocycles. The summed E-state index contributed by atoms with van der Waals surface area (Å²) in [7, 11) is 3.68. The molecule has 4 nitrogen and oxygen atoms in total. The number of hydrogen-bond acceptors (Lipinski definition) is 3. The second-order valence-electron chi connectivity index (χ2n) is 2.30. The highest BCUT2D eigenvalue weighted by Gasteiger charge is 1.91. The second kappa shape index (κ2) is 2.87. The predicted molar refractivity (Wildman–Crippen MR) is 46.0 cm³/mol. The third-order valence-electron chi connectivity index (χ3n) is 1.24. The van der Waals surface area contributed by atoms with E-state index in [2.05, 4.69) is 4.98 Å². The molecule has 0 fully saturated rings. The van der Waals surface area contributed by atoms with E-state index >= 15 is 0 Å². The summed E-state index contributed by atoms with van der Waals surface area (Å²) in [5.74, 6) is 0. The van der Waals surface area contributed by atoms with Crippen molar-refractivity contribution in [3.05, 3.63) is 27.4 Å². The molecule has 60 valence electrons. The molecule has 1 aromatic heterocycles. The van der Waals surface area contributed by atoms with E-state index < -0.39 is 0 Å². The highest BCUT2D eigenvalue weighted by Crippen LogP contribution is 1.83. The van der Waals surface area contributed by atoms with Gasteiger partial charge in [0.05, 0.1) is 0 Å². The standard InChI is InChI=1S/C6H9N3OS/c1-8(2)9-4-3-5(10)7-6(9)11/h3-4H,1-2H3,(H,7,10,11). The van der Waals surface area contributed by atoms with Crippen molar-refractivity contribution in [3.8, 4) is 0 Å². The molecule has 0 spiro atoms. The summed E-state index contributed by atoms with van der Waals surface area (Å²) in [6.45, 7) is 0. The van der Waals surface area contributed by atoms with Crippen molar-refractivity contribution >= 4 is 12.2 Å². The van der Waals surface area contributed by atoms with Crippen LogP contribution in [0.25, 0.3) is 0 Å². The van der Waals surface area contributed by atoms with Crippen molar-refractivity contribution in [2.75, 3.05) is 19.1 Å². The van der Waals surface area contributed by atoms with Gasteiger partial charge < -0.3 is 5.01 Å². The predicted octanol–water partition coefficient (Wildman–Crippen LogP) is 0.103. The number of nitrogens with zero attached hydrogens (tertiary/aromatic N) is 2. The van der Waals surface area contributed by atoms with Crippen molar-refractivity contribution in [3.63, 3.8) is 0 Å². The first-order valence-electron chi connectivity index (χ1n) is 3.11. The van der Waals surface area contributed by atoms with Crippen LogP contribution in [0.4, 0.5) is 0 Å². The number of aromatic amines is 1. The smallest absolute Gasteiger partial charge is 0.251 e. The van der Waals surface area contributed by atoms with Crippen molar-refractivity contribution in [1.82, 2.24) is 9.66 Å². The highest BCUT2D eigenvalue weighted by atomic mass is 32.1. The average molecular weight is 171 g/mol. The van der Waals surface area contributed by atoms with Gasteiger partial charge in [0.1, 0.15) is 0 Å². The van der Waals surface area contributed by atoms with Crippen molar-refractivity contribution in [2.24, 2.45) is 0 Å². The number of nitrogens with one attached hydrogen (secondary N) is 1. The van der Waals surface area contributed by atoms with Gasteiger partial charge in [0.15, 0.2) is 4.77 Å². The van der Waals surface area contributed by atoms with Crippen LogP contribution in [0.3, 0.4) is 0 Å². The fourth-order valence-corrected chi connectivity index (χ4v) is 1.05. The zero-order valence-electron chi connectivity index (χ0n) is 6.37. The summed E-state index contributed by atoms with van der Waals surface area (Å²) in [6, 6.07) is 1.43. The van der Waals surface area contributed by atoms with Crippen LogP contribution in [0.1, 0.15) is 0 Å². The van der Waals surface area contributed by atoms with E-state index in [4.69, 9.17) is 12.2 Å². The van der Waals surface area contributed by atoms with Crippen molar-refractivity contribution < 1.29 is 0 Å². The first kappa shape index (κ1) is 8.00. The maximum atomic E-state index is 10.7. The summed E-state index contributed by atoms with van der Waals surface area (Å²) in [5, 5.41) is 1.78. The SMILES string of the molecule is CN(C)n1ccc(=O)[nH]c1=S. The zero-order chi connectivity index (χ0) is 8.43. The van der Waals surface area contributed by atoms with Gasteiger partial charge in [-0.2, -0.15) is 0 Å². The molecule has 0 aliphatic heterocycles. The lowest BCUT2D eigenvalue weighted by Crippen LogP contribution is -2.27. The lowest BCUT2D eigenvalue weighted by atomic mass is 10.7. The largest absolute Gasteiger partial charge is 0.317 e. The third-order valence-corrected chi connectivity index (χ3v) is 1.53. The summed E-state index contributed by atoms with van der Waals surface area (Å²) < 4.78 is 2.07. The Morgan fingerprint density at radius 2 is 2.27 bits per heavy atom. The van der Waals surface area contributed by atoms with Gasteiger partial charge in [-0.15, -0.1) is 0 Å². The maximum absolute atomic E-state index is 10.7. The molecule has 5 heteroatoms. The van der Waals surface area contributed by atoms with Crippen LogP contribution in [-0.2, 0) is 0 Å². The molecule has 0 atom stereocenters. The number of H-pyrrole nitrogens is 1. The molecule has 1 rings (SSSR count). The molecule has 0 unspecified atom stereocenters. The minimum atomic E-state index is -0.173. The lowest BCUT2D eigenvalue weighted by Gasteiger charge is -2.15. The van der Waals surface area contributed by atoms with Gasteiger partial charge in [0, 0.05) is 26.4 Å². The summed E-state index contributed by atoms with van der Waals surface area (Å²) in [4.78, 5) is 13.2. The fourth-order valence-electron chi connectivity index (χ4n) is 0.725. The van der Waals surface area contributed by atoms with E-state index in [1.54, 1.807) is 15.9 Å². The first-order chi connectivity index (χ1) is 5.11. The Kier molecular flexibility index (Phi) is 2.09. The van der Waals surface area contributed by atoms with Crippen molar-refractivity contribution in [1.29, 1.82) is 0 Å². The molecule has 0 radical (unpaired) electrons. The number of aromatic nitrogens is 2. The summed E-state index contributed by atoms with van der Waals surface area (Å²) in [6.07, 6.45) is 1.63. The molecule has 0 aliphatic carbocycles. The molecule has 0 amide bonds. The van der Waals surface area contributed by atoms with Crippen LogP contribution >= 0.6 is 12.2 Å². The second-order valence-corrected chi connectivity index (χ2v) is 2.69. The monoisotopic (exact) mass is 171 g/mol. The van der Waals surface area contributed by atoms with Gasteiger partial charge in [-0.3, -0.25) is 9.78 Å². The highest BCUT2D eigenvalue weighted by molar-refractivity contribution is 7.71. The minimum absolute atomic E-state index is 0.173. The molecule has 0 aliphatic rings. The fraction of sp³-hybridized carbons (Fsp3) is 0.333. The molecular formula is C6H9N3OS. The van der Waals surface area contributed by atoms with Crippen molar-refractivity contribution in [2.45, 2.75) is 0 Å². The Morgan fingerprint density at radius 1 is 1.64 bits per heavy atom. The van der Waals surface area contributed by atoms with Gasteiger partial charge in [-0.05, 0) is 12.2 Å². The maximum Gasteiger partial charge on any atom is 0.251 e. The van der Waals surface area contributed by atoms with Gasteiger partial charge >= 0.3 is 0 Å². The third kappa shape index (κ3) is 1.68. The van der Waals surface area contributed by atoms with Crippen LogP contribution < -0.4 is 10.6 Å². The van der Waals surface area contributed by atoms with E-state index in [0.717, 1.165) is 0 Å². The normalized spacial score (nSPS) is 9.64. The van der Waals surface area contributed by atoms with Gasteiger partial charge in [0.2, 0.25) is 0 Å². The van der Waals surface area contributed by atoms with Gasteiger partial charge in [-0.25, -0.2) is 4.68 Å². The average Bonchev–Trinajstić information content (AvgIpc) is 1.85. The topological polar surface area (TPSA) is 41.0 Å². The first-order valence-corrected chi connectivity index (χ1v) is 3.51. The van der Waals surface area contributed by atoms with Crippen LogP contribution in [0.5, 0.6) is 0 Å². The summed E-state index contributed by atoms with van der Waals surface area (Å²) in [5.41, 5.74) is -0.173. The Hall–Kier alpha value is -1.10. The van der Waals surface area contributed by atoms with Crippen LogP contribution in [0.2, 0.25) is 0 Å².